The Labute approximate surface area is 473 Å². The molecular formula is C75H54BN5. The van der Waals surface area contributed by atoms with Crippen molar-refractivity contribution >= 4 is 57.2 Å². The lowest BCUT2D eigenvalue weighted by Crippen LogP contribution is -2.63. The minimum absolute atomic E-state index is 0.161. The van der Waals surface area contributed by atoms with Crippen LogP contribution in [-0.2, 0) is 10.8 Å². The van der Waals surface area contributed by atoms with E-state index in [1.54, 1.807) is 0 Å². The lowest BCUT2D eigenvalue weighted by molar-refractivity contribution is 0.632. The molecule has 0 radical (unpaired) electrons. The number of fused-ring (bicyclic) bond motifs is 8. The summed E-state index contributed by atoms with van der Waals surface area (Å²) in [5.74, 6) is 1.87. The first-order valence-corrected chi connectivity index (χ1v) is 28.2. The standard InChI is InChI=1S/C75H54BN5/c1-74(2)58-39-53(47-23-11-5-12-24-47)35-37-64(58)80-66-45-57(73-78-71(51-31-19-9-20-32-51)77-72(79-73)52-33-21-10-22-34-52)46-67-68(66)76(62-43-55(41-60(74)69(62)80)49-27-15-7-16-28-49)63-44-56(50-29-17-8-18-30-50)42-61-70(63)81(67)65-38-36-54(40-59(65)75(61,3)4)48-25-13-6-14-26-48/h5-46H,1-4H3. The van der Waals surface area contributed by atoms with Crippen molar-refractivity contribution in [1.82, 2.24) is 15.0 Å². The van der Waals surface area contributed by atoms with Gasteiger partial charge in [0.05, 0.1) is 11.4 Å². The van der Waals surface area contributed by atoms with Crippen LogP contribution >= 0.6 is 0 Å². The van der Waals surface area contributed by atoms with Crippen LogP contribution in [-0.4, -0.2) is 21.7 Å². The summed E-state index contributed by atoms with van der Waals surface area (Å²) in [6, 6.07) is 93.4. The number of rotatable bonds is 7. The van der Waals surface area contributed by atoms with E-state index < -0.39 is 10.8 Å². The Morgan fingerprint density at radius 3 is 0.938 bits per heavy atom. The molecule has 0 spiro atoms. The molecule has 0 amide bonds. The molecule has 0 N–H and O–H groups in total. The van der Waals surface area contributed by atoms with Crippen LogP contribution < -0.4 is 26.2 Å². The second-order valence-electron chi connectivity index (χ2n) is 23.2. The van der Waals surface area contributed by atoms with Crippen molar-refractivity contribution in [2.75, 3.05) is 9.80 Å². The molecular weight excluding hydrogens is 982 g/mol. The summed E-state index contributed by atoms with van der Waals surface area (Å²) in [5.41, 5.74) is 27.6. The van der Waals surface area contributed by atoms with E-state index in [1.807, 2.05) is 12.1 Å². The van der Waals surface area contributed by atoms with Gasteiger partial charge in [0, 0.05) is 50.3 Å². The average molecular weight is 1040 g/mol. The van der Waals surface area contributed by atoms with Crippen LogP contribution in [0, 0.1) is 0 Å². The van der Waals surface area contributed by atoms with E-state index in [9.17, 15) is 0 Å². The molecule has 16 rings (SSSR count). The Hall–Kier alpha value is -9.91. The number of nitrogens with zero attached hydrogens (tertiary/aromatic N) is 5. The maximum atomic E-state index is 5.47. The van der Waals surface area contributed by atoms with E-state index in [0.29, 0.717) is 17.5 Å². The highest BCUT2D eigenvalue weighted by Crippen LogP contribution is 2.59. The first-order valence-electron chi connectivity index (χ1n) is 28.2. The summed E-state index contributed by atoms with van der Waals surface area (Å²) in [7, 11) is 0. The molecule has 81 heavy (non-hydrogen) atoms. The van der Waals surface area contributed by atoms with Gasteiger partial charge in [0.2, 0.25) is 0 Å². The largest absolute Gasteiger partial charge is 0.311 e. The van der Waals surface area contributed by atoms with E-state index >= 15 is 0 Å². The van der Waals surface area contributed by atoms with Gasteiger partial charge in [-0.1, -0.05) is 234 Å². The number of hydrogen-bond acceptors (Lipinski definition) is 5. The molecule has 0 unspecified atom stereocenters. The fraction of sp³-hybridized carbons (Fsp3) is 0.0800. The van der Waals surface area contributed by atoms with E-state index in [1.165, 1.54) is 106 Å². The monoisotopic (exact) mass is 1040 g/mol. The molecule has 0 saturated heterocycles. The summed E-state index contributed by atoms with van der Waals surface area (Å²) >= 11 is 0. The third-order valence-electron chi connectivity index (χ3n) is 17.8. The van der Waals surface area contributed by atoms with Crippen LogP contribution in [0.2, 0.25) is 0 Å². The fourth-order valence-corrected chi connectivity index (χ4v) is 13.7. The molecule has 0 fully saturated rings. The van der Waals surface area contributed by atoms with Gasteiger partial charge in [-0.3, -0.25) is 0 Å². The molecule has 0 atom stereocenters. The van der Waals surface area contributed by atoms with Crippen molar-refractivity contribution in [3.05, 3.63) is 277 Å². The Kier molecular flexibility index (Phi) is 10.4. The second kappa shape index (κ2) is 17.8. The summed E-state index contributed by atoms with van der Waals surface area (Å²) in [5, 5.41) is 0. The smallest absolute Gasteiger partial charge is 0.252 e. The number of aromatic nitrogens is 3. The van der Waals surface area contributed by atoms with Crippen LogP contribution in [0.4, 0.5) is 34.1 Å². The predicted molar refractivity (Wildman–Crippen MR) is 336 cm³/mol. The Bertz CT molecular complexity index is 4230. The minimum Gasteiger partial charge on any atom is -0.311 e. The van der Waals surface area contributed by atoms with Crippen molar-refractivity contribution < 1.29 is 0 Å². The normalized spacial score (nSPS) is 14.3. The first-order chi connectivity index (χ1) is 39.7. The highest BCUT2D eigenvalue weighted by molar-refractivity contribution is 7.00. The zero-order valence-corrected chi connectivity index (χ0v) is 45.6. The summed E-state index contributed by atoms with van der Waals surface area (Å²) in [4.78, 5) is 21.4. The molecule has 1 aromatic heterocycles. The molecule has 12 aromatic rings. The molecule has 0 bridgehead atoms. The molecule has 382 valence electrons. The highest BCUT2D eigenvalue weighted by Gasteiger charge is 2.52. The zero-order chi connectivity index (χ0) is 54.1. The van der Waals surface area contributed by atoms with Gasteiger partial charge in [-0.2, -0.15) is 0 Å². The van der Waals surface area contributed by atoms with Gasteiger partial charge in [0.1, 0.15) is 0 Å². The molecule has 5 nitrogen and oxygen atoms in total. The SMILES string of the molecule is CC1(C)c2cc(-c3ccccc3)ccc2N2c3cc(-c4nc(-c5ccccc5)nc(-c5ccccc5)n4)cc4c3B(c3cc(-c5ccccc5)cc1c32)c1cc(-c2ccccc2)cc2c1N4c1ccc(-c3ccccc3)cc1C2(C)C. The molecule has 6 heteroatoms. The average Bonchev–Trinajstić information content (AvgIpc) is 3.32. The molecule has 11 aromatic carbocycles. The zero-order valence-electron chi connectivity index (χ0n) is 45.6. The maximum absolute atomic E-state index is 5.47. The van der Waals surface area contributed by atoms with Gasteiger partial charge in [0.25, 0.3) is 6.71 Å². The van der Waals surface area contributed by atoms with Gasteiger partial charge < -0.3 is 9.80 Å². The van der Waals surface area contributed by atoms with Crippen LogP contribution in [0.3, 0.4) is 0 Å². The van der Waals surface area contributed by atoms with Gasteiger partial charge in [-0.25, -0.2) is 15.0 Å². The van der Waals surface area contributed by atoms with Gasteiger partial charge in [0.15, 0.2) is 17.5 Å². The Morgan fingerprint density at radius 1 is 0.272 bits per heavy atom. The van der Waals surface area contributed by atoms with Crippen LogP contribution in [0.15, 0.2) is 255 Å². The Balaban J connectivity index is 1.06. The van der Waals surface area contributed by atoms with Gasteiger partial charge in [-0.05, 0) is 132 Å². The third-order valence-corrected chi connectivity index (χ3v) is 17.8. The van der Waals surface area contributed by atoms with Crippen molar-refractivity contribution in [2.24, 2.45) is 0 Å². The third kappa shape index (κ3) is 7.23. The van der Waals surface area contributed by atoms with Gasteiger partial charge in [-0.15, -0.1) is 0 Å². The molecule has 5 heterocycles. The molecule has 0 saturated carbocycles. The lowest BCUT2D eigenvalue weighted by Gasteiger charge is -2.52. The van der Waals surface area contributed by atoms with Crippen molar-refractivity contribution in [1.29, 1.82) is 0 Å². The number of benzene rings is 11. The topological polar surface area (TPSA) is 45.2 Å². The van der Waals surface area contributed by atoms with Crippen LogP contribution in [0.5, 0.6) is 0 Å². The van der Waals surface area contributed by atoms with Crippen molar-refractivity contribution in [3.63, 3.8) is 0 Å². The fourth-order valence-electron chi connectivity index (χ4n) is 13.7. The van der Waals surface area contributed by atoms with E-state index in [0.717, 1.165) is 28.1 Å². The summed E-state index contributed by atoms with van der Waals surface area (Å²) < 4.78 is 0. The Morgan fingerprint density at radius 2 is 0.580 bits per heavy atom. The quantitative estimate of drug-likeness (QED) is 0.149. The van der Waals surface area contributed by atoms with E-state index in [-0.39, 0.29) is 6.71 Å². The van der Waals surface area contributed by atoms with Crippen molar-refractivity contribution in [3.8, 4) is 78.7 Å². The number of hydrogen-bond donors (Lipinski definition) is 0. The summed E-state index contributed by atoms with van der Waals surface area (Å²) in [6.07, 6.45) is 0. The van der Waals surface area contributed by atoms with Crippen molar-refractivity contribution in [2.45, 2.75) is 38.5 Å². The first kappa shape index (κ1) is 47.1. The van der Waals surface area contributed by atoms with Gasteiger partial charge >= 0.3 is 0 Å². The second-order valence-corrected chi connectivity index (χ2v) is 23.2. The maximum Gasteiger partial charge on any atom is 0.252 e. The van der Waals surface area contributed by atoms with Crippen LogP contribution in [0.1, 0.15) is 49.9 Å². The van der Waals surface area contributed by atoms with E-state index in [4.69, 9.17) is 15.0 Å². The molecule has 0 aliphatic carbocycles. The predicted octanol–water partition coefficient (Wildman–Crippen LogP) is 16.9. The lowest BCUT2D eigenvalue weighted by atomic mass is 9.32. The minimum atomic E-state index is -0.407. The molecule has 4 aliphatic rings. The van der Waals surface area contributed by atoms with Crippen LogP contribution in [0.25, 0.3) is 78.7 Å². The number of anilines is 6. The van der Waals surface area contributed by atoms with E-state index in [2.05, 4.69) is 280 Å². The molecule has 4 aliphatic heterocycles. The highest BCUT2D eigenvalue weighted by atomic mass is 15.2. The summed E-state index contributed by atoms with van der Waals surface area (Å²) in [6.45, 7) is 9.58.